The monoisotopic (exact) mass is 183 g/mol. The highest BCUT2D eigenvalue weighted by molar-refractivity contribution is 5.08. The van der Waals surface area contributed by atoms with Gasteiger partial charge in [-0.3, -0.25) is 4.68 Å². The van der Waals surface area contributed by atoms with E-state index in [1.807, 2.05) is 19.4 Å². The van der Waals surface area contributed by atoms with E-state index in [4.69, 9.17) is 5.11 Å². The summed E-state index contributed by atoms with van der Waals surface area (Å²) in [6.45, 7) is 3.17. The number of hydrogen-bond donors (Lipinski definition) is 2. The zero-order valence-corrected chi connectivity index (χ0v) is 8.20. The number of nitrogens with one attached hydrogen (secondary N) is 1. The van der Waals surface area contributed by atoms with Crippen LogP contribution in [0.25, 0.3) is 0 Å². The number of aliphatic hydroxyl groups excluding tert-OH is 1. The van der Waals surface area contributed by atoms with Crippen LogP contribution in [-0.2, 0) is 7.05 Å². The van der Waals surface area contributed by atoms with E-state index >= 15 is 0 Å². The van der Waals surface area contributed by atoms with Gasteiger partial charge in [0.2, 0.25) is 0 Å². The number of rotatable bonds is 5. The molecule has 0 spiro atoms. The van der Waals surface area contributed by atoms with Crippen molar-refractivity contribution in [1.82, 2.24) is 15.1 Å². The Morgan fingerprint density at radius 2 is 2.46 bits per heavy atom. The molecule has 13 heavy (non-hydrogen) atoms. The summed E-state index contributed by atoms with van der Waals surface area (Å²) < 4.78 is 1.79. The predicted molar refractivity (Wildman–Crippen MR) is 51.3 cm³/mol. The number of nitrogens with zero attached hydrogens (tertiary/aromatic N) is 2. The number of aryl methyl sites for hydroxylation is 1. The van der Waals surface area contributed by atoms with Gasteiger partial charge in [-0.2, -0.15) is 5.10 Å². The molecule has 0 amide bonds. The lowest BCUT2D eigenvalue weighted by Crippen LogP contribution is -2.20. The maximum absolute atomic E-state index is 8.60. The fourth-order valence-electron chi connectivity index (χ4n) is 1.18. The highest BCUT2D eigenvalue weighted by Gasteiger charge is 2.05. The first-order valence-corrected chi connectivity index (χ1v) is 4.57. The molecular formula is C9H17N3O. The van der Waals surface area contributed by atoms with Gasteiger partial charge in [0, 0.05) is 31.5 Å². The molecule has 1 atom stereocenters. The van der Waals surface area contributed by atoms with Gasteiger partial charge in [-0.25, -0.2) is 0 Å². The van der Waals surface area contributed by atoms with Gasteiger partial charge in [-0.1, -0.05) is 0 Å². The van der Waals surface area contributed by atoms with Crippen molar-refractivity contribution in [3.8, 4) is 0 Å². The topological polar surface area (TPSA) is 50.1 Å². The number of hydrogen-bond acceptors (Lipinski definition) is 3. The van der Waals surface area contributed by atoms with E-state index in [9.17, 15) is 0 Å². The van der Waals surface area contributed by atoms with E-state index in [0.29, 0.717) is 6.04 Å². The summed E-state index contributed by atoms with van der Waals surface area (Å²) in [5.74, 6) is 0. The molecule has 74 valence electrons. The van der Waals surface area contributed by atoms with Gasteiger partial charge in [0.25, 0.3) is 0 Å². The summed E-state index contributed by atoms with van der Waals surface area (Å²) in [6, 6.07) is 0.306. The molecule has 0 bridgehead atoms. The average Bonchev–Trinajstić information content (AvgIpc) is 2.52. The molecule has 0 radical (unpaired) electrons. The second-order valence-electron chi connectivity index (χ2n) is 3.20. The zero-order valence-electron chi connectivity index (χ0n) is 8.20. The molecule has 2 N–H and O–H groups in total. The van der Waals surface area contributed by atoms with Gasteiger partial charge in [-0.15, -0.1) is 0 Å². The Morgan fingerprint density at radius 3 is 3.00 bits per heavy atom. The van der Waals surface area contributed by atoms with Crippen molar-refractivity contribution >= 4 is 0 Å². The third-order valence-electron chi connectivity index (χ3n) is 2.01. The van der Waals surface area contributed by atoms with Crippen molar-refractivity contribution in [2.45, 2.75) is 19.4 Å². The van der Waals surface area contributed by atoms with Crippen LogP contribution in [0, 0.1) is 0 Å². The largest absolute Gasteiger partial charge is 0.396 e. The molecule has 0 aliphatic carbocycles. The standard InChI is InChI=1S/C9H17N3O/c1-8(10-4-3-5-13)9-6-11-12(2)7-9/h6-8,10,13H,3-5H2,1-2H3/t8-/m0/s1. The fourth-order valence-corrected chi connectivity index (χ4v) is 1.18. The van der Waals surface area contributed by atoms with Crippen molar-refractivity contribution in [3.63, 3.8) is 0 Å². The van der Waals surface area contributed by atoms with Crippen LogP contribution in [0.15, 0.2) is 12.4 Å². The van der Waals surface area contributed by atoms with Crippen LogP contribution in [0.4, 0.5) is 0 Å². The number of aliphatic hydroxyl groups is 1. The molecule has 1 rings (SSSR count). The normalized spacial score (nSPS) is 13.2. The summed E-state index contributed by atoms with van der Waals surface area (Å²) in [4.78, 5) is 0. The Labute approximate surface area is 78.6 Å². The van der Waals surface area contributed by atoms with Gasteiger partial charge in [0.05, 0.1) is 6.20 Å². The lowest BCUT2D eigenvalue weighted by Gasteiger charge is -2.10. The highest BCUT2D eigenvalue weighted by atomic mass is 16.3. The van der Waals surface area contributed by atoms with E-state index < -0.39 is 0 Å². The predicted octanol–water partition coefficient (Wildman–Crippen LogP) is 0.453. The summed E-state index contributed by atoms with van der Waals surface area (Å²) >= 11 is 0. The van der Waals surface area contributed by atoms with Crippen LogP contribution in [0.5, 0.6) is 0 Å². The third kappa shape index (κ3) is 3.16. The summed E-state index contributed by atoms with van der Waals surface area (Å²) in [5.41, 5.74) is 1.18. The first kappa shape index (κ1) is 10.2. The molecule has 0 aliphatic rings. The molecule has 0 saturated carbocycles. The van der Waals surface area contributed by atoms with Gasteiger partial charge in [0.1, 0.15) is 0 Å². The minimum atomic E-state index is 0.243. The molecule has 4 heteroatoms. The molecule has 0 saturated heterocycles. The molecule has 1 aromatic rings. The molecular weight excluding hydrogens is 166 g/mol. The Morgan fingerprint density at radius 1 is 1.69 bits per heavy atom. The van der Waals surface area contributed by atoms with Crippen molar-refractivity contribution in [2.24, 2.45) is 7.05 Å². The first-order valence-electron chi connectivity index (χ1n) is 4.57. The van der Waals surface area contributed by atoms with Gasteiger partial charge < -0.3 is 10.4 Å². The van der Waals surface area contributed by atoms with Crippen molar-refractivity contribution in [1.29, 1.82) is 0 Å². The van der Waals surface area contributed by atoms with Gasteiger partial charge in [-0.05, 0) is 19.9 Å². The Hall–Kier alpha value is -0.870. The molecule has 0 unspecified atom stereocenters. The molecule has 1 aromatic heterocycles. The third-order valence-corrected chi connectivity index (χ3v) is 2.01. The van der Waals surface area contributed by atoms with E-state index in [-0.39, 0.29) is 6.61 Å². The Kier molecular flexibility index (Phi) is 3.92. The fraction of sp³-hybridized carbons (Fsp3) is 0.667. The van der Waals surface area contributed by atoms with Crippen molar-refractivity contribution in [3.05, 3.63) is 18.0 Å². The lowest BCUT2D eigenvalue weighted by molar-refractivity contribution is 0.284. The van der Waals surface area contributed by atoms with Crippen LogP contribution in [0.1, 0.15) is 24.9 Å². The molecule has 1 heterocycles. The number of aromatic nitrogens is 2. The average molecular weight is 183 g/mol. The van der Waals surface area contributed by atoms with E-state index in [0.717, 1.165) is 13.0 Å². The second-order valence-corrected chi connectivity index (χ2v) is 3.20. The summed E-state index contributed by atoms with van der Waals surface area (Å²) in [5, 5.41) is 16.0. The van der Waals surface area contributed by atoms with E-state index in [1.165, 1.54) is 5.56 Å². The molecule has 0 aliphatic heterocycles. The van der Waals surface area contributed by atoms with Crippen LogP contribution in [0.2, 0.25) is 0 Å². The van der Waals surface area contributed by atoms with E-state index in [1.54, 1.807) is 4.68 Å². The second kappa shape index (κ2) is 4.99. The maximum atomic E-state index is 8.60. The summed E-state index contributed by atoms with van der Waals surface area (Å²) in [7, 11) is 1.91. The zero-order chi connectivity index (χ0) is 9.68. The Bertz CT molecular complexity index is 247. The summed E-state index contributed by atoms with van der Waals surface area (Å²) in [6.07, 6.45) is 4.65. The minimum Gasteiger partial charge on any atom is -0.396 e. The van der Waals surface area contributed by atoms with Crippen LogP contribution < -0.4 is 5.32 Å². The van der Waals surface area contributed by atoms with Crippen LogP contribution >= 0.6 is 0 Å². The van der Waals surface area contributed by atoms with Crippen molar-refractivity contribution < 1.29 is 5.11 Å². The van der Waals surface area contributed by atoms with Gasteiger partial charge >= 0.3 is 0 Å². The van der Waals surface area contributed by atoms with Gasteiger partial charge in [0.15, 0.2) is 0 Å². The maximum Gasteiger partial charge on any atom is 0.0537 e. The Balaban J connectivity index is 2.35. The molecule has 4 nitrogen and oxygen atoms in total. The van der Waals surface area contributed by atoms with Crippen molar-refractivity contribution in [2.75, 3.05) is 13.2 Å². The quantitative estimate of drug-likeness (QED) is 0.652. The SMILES string of the molecule is C[C@H](NCCCO)c1cnn(C)c1. The minimum absolute atomic E-state index is 0.243. The first-order chi connectivity index (χ1) is 6.24. The van der Waals surface area contributed by atoms with E-state index in [2.05, 4.69) is 17.3 Å². The highest BCUT2D eigenvalue weighted by Crippen LogP contribution is 2.09. The molecule has 0 aromatic carbocycles. The van der Waals surface area contributed by atoms with Crippen LogP contribution in [-0.4, -0.2) is 28.0 Å². The lowest BCUT2D eigenvalue weighted by atomic mass is 10.2. The van der Waals surface area contributed by atoms with Crippen LogP contribution in [0.3, 0.4) is 0 Å². The smallest absolute Gasteiger partial charge is 0.0537 e. The molecule has 0 fully saturated rings.